The average Bonchev–Trinajstić information content (AvgIpc) is 3.30. The Morgan fingerprint density at radius 3 is 2.69 bits per heavy atom. The fraction of sp³-hybridized carbons (Fsp3) is 0.348. The highest BCUT2D eigenvalue weighted by molar-refractivity contribution is 5.57. The first-order valence-corrected chi connectivity index (χ1v) is 10.3. The SMILES string of the molecule is CC1CC(n2cc(-c3cccc(F)c3)nn2)C2OC(c3ccccc3)OCC2O1.O=CO. The zero-order valence-corrected chi connectivity index (χ0v) is 17.5. The summed E-state index contributed by atoms with van der Waals surface area (Å²) >= 11 is 0. The van der Waals surface area contributed by atoms with E-state index in [1.165, 1.54) is 12.1 Å². The minimum absolute atomic E-state index is 0.0449. The van der Waals surface area contributed by atoms with Crippen molar-refractivity contribution in [3.8, 4) is 11.3 Å². The molecular formula is C23H24FN3O5. The molecule has 8 nitrogen and oxygen atoms in total. The van der Waals surface area contributed by atoms with Gasteiger partial charge in [-0.1, -0.05) is 47.7 Å². The molecular weight excluding hydrogens is 417 g/mol. The number of halogens is 1. The number of nitrogens with zero attached hydrogens (tertiary/aromatic N) is 3. The molecule has 0 amide bonds. The molecule has 2 aliphatic heterocycles. The quantitative estimate of drug-likeness (QED) is 0.620. The maximum Gasteiger partial charge on any atom is 0.290 e. The van der Waals surface area contributed by atoms with Gasteiger partial charge >= 0.3 is 0 Å². The largest absolute Gasteiger partial charge is 0.483 e. The van der Waals surface area contributed by atoms with Crippen LogP contribution in [0.15, 0.2) is 60.8 Å². The van der Waals surface area contributed by atoms with Crippen LogP contribution in [0.4, 0.5) is 4.39 Å². The van der Waals surface area contributed by atoms with Crippen LogP contribution < -0.4 is 0 Å². The summed E-state index contributed by atoms with van der Waals surface area (Å²) in [6, 6.07) is 16.2. The monoisotopic (exact) mass is 441 g/mol. The van der Waals surface area contributed by atoms with Gasteiger partial charge in [-0.2, -0.15) is 0 Å². The van der Waals surface area contributed by atoms with Crippen molar-refractivity contribution in [3.63, 3.8) is 0 Å². The van der Waals surface area contributed by atoms with Gasteiger partial charge in [0, 0.05) is 11.1 Å². The Bertz CT molecular complexity index is 1030. The Labute approximate surface area is 184 Å². The minimum atomic E-state index is -0.442. The van der Waals surface area contributed by atoms with Gasteiger partial charge in [-0.25, -0.2) is 9.07 Å². The lowest BCUT2D eigenvalue weighted by Crippen LogP contribution is -2.52. The second kappa shape index (κ2) is 9.99. The Hall–Kier alpha value is -3.14. The van der Waals surface area contributed by atoms with Crippen LogP contribution in [-0.4, -0.2) is 51.5 Å². The lowest BCUT2D eigenvalue weighted by Gasteiger charge is -2.45. The molecule has 0 bridgehead atoms. The summed E-state index contributed by atoms with van der Waals surface area (Å²) in [5.74, 6) is -0.296. The van der Waals surface area contributed by atoms with Gasteiger partial charge in [-0.15, -0.1) is 5.10 Å². The molecule has 168 valence electrons. The third-order valence-electron chi connectivity index (χ3n) is 5.46. The fourth-order valence-corrected chi connectivity index (χ4v) is 4.09. The van der Waals surface area contributed by atoms with E-state index in [0.717, 1.165) is 12.0 Å². The molecule has 5 atom stereocenters. The van der Waals surface area contributed by atoms with E-state index < -0.39 is 6.29 Å². The van der Waals surface area contributed by atoms with Crippen molar-refractivity contribution in [1.82, 2.24) is 15.0 Å². The molecule has 3 aromatic rings. The van der Waals surface area contributed by atoms with Crippen LogP contribution in [0.3, 0.4) is 0 Å². The third-order valence-corrected chi connectivity index (χ3v) is 5.46. The van der Waals surface area contributed by atoms with Crippen LogP contribution in [0.2, 0.25) is 0 Å². The van der Waals surface area contributed by atoms with Crippen molar-refractivity contribution < 1.29 is 28.5 Å². The number of carboxylic acid groups (broad SMARTS) is 1. The molecule has 2 aromatic carbocycles. The Morgan fingerprint density at radius 1 is 1.16 bits per heavy atom. The molecule has 2 saturated heterocycles. The smallest absolute Gasteiger partial charge is 0.290 e. The van der Waals surface area contributed by atoms with Crippen LogP contribution in [-0.2, 0) is 19.0 Å². The number of rotatable bonds is 3. The lowest BCUT2D eigenvalue weighted by molar-refractivity contribution is -0.298. The van der Waals surface area contributed by atoms with E-state index in [2.05, 4.69) is 10.3 Å². The van der Waals surface area contributed by atoms with Gasteiger partial charge in [0.2, 0.25) is 0 Å². The first-order valence-electron chi connectivity index (χ1n) is 10.3. The molecule has 2 fully saturated rings. The molecule has 0 spiro atoms. The van der Waals surface area contributed by atoms with E-state index in [0.29, 0.717) is 17.9 Å². The highest BCUT2D eigenvalue weighted by atomic mass is 19.1. The number of ether oxygens (including phenoxy) is 3. The van der Waals surface area contributed by atoms with Crippen LogP contribution in [0, 0.1) is 5.82 Å². The summed E-state index contributed by atoms with van der Waals surface area (Å²) in [6.07, 6.45) is 1.81. The second-order valence-electron chi connectivity index (χ2n) is 7.66. The number of hydrogen-bond donors (Lipinski definition) is 1. The maximum atomic E-state index is 13.6. The predicted octanol–water partition coefficient (Wildman–Crippen LogP) is 3.62. The topological polar surface area (TPSA) is 95.7 Å². The van der Waals surface area contributed by atoms with Gasteiger partial charge in [-0.05, 0) is 25.5 Å². The van der Waals surface area contributed by atoms with Crippen LogP contribution >= 0.6 is 0 Å². The number of benzene rings is 2. The van der Waals surface area contributed by atoms with Crippen molar-refractivity contribution >= 4 is 6.47 Å². The second-order valence-corrected chi connectivity index (χ2v) is 7.66. The molecule has 1 aromatic heterocycles. The molecule has 32 heavy (non-hydrogen) atoms. The zero-order valence-electron chi connectivity index (χ0n) is 17.5. The maximum absolute atomic E-state index is 13.6. The summed E-state index contributed by atoms with van der Waals surface area (Å²) in [5.41, 5.74) is 2.30. The molecule has 9 heteroatoms. The number of carbonyl (C=O) groups is 1. The highest BCUT2D eigenvalue weighted by Gasteiger charge is 2.44. The molecule has 2 aliphatic rings. The molecule has 5 unspecified atom stereocenters. The van der Waals surface area contributed by atoms with E-state index in [4.69, 9.17) is 24.1 Å². The predicted molar refractivity (Wildman–Crippen MR) is 112 cm³/mol. The van der Waals surface area contributed by atoms with Crippen LogP contribution in [0.1, 0.15) is 31.2 Å². The van der Waals surface area contributed by atoms with Gasteiger partial charge in [0.25, 0.3) is 6.47 Å². The fourth-order valence-electron chi connectivity index (χ4n) is 4.09. The van der Waals surface area contributed by atoms with E-state index in [9.17, 15) is 4.39 Å². The Morgan fingerprint density at radius 2 is 1.94 bits per heavy atom. The van der Waals surface area contributed by atoms with Crippen LogP contribution in [0.5, 0.6) is 0 Å². The van der Waals surface area contributed by atoms with Crippen LogP contribution in [0.25, 0.3) is 11.3 Å². The summed E-state index contributed by atoms with van der Waals surface area (Å²) in [5, 5.41) is 15.5. The van der Waals surface area contributed by atoms with E-state index in [1.54, 1.807) is 6.07 Å². The van der Waals surface area contributed by atoms with Crippen molar-refractivity contribution in [3.05, 3.63) is 72.2 Å². The Balaban J connectivity index is 0.000000775. The lowest BCUT2D eigenvalue weighted by atomic mass is 9.95. The minimum Gasteiger partial charge on any atom is -0.483 e. The first-order chi connectivity index (χ1) is 15.6. The summed E-state index contributed by atoms with van der Waals surface area (Å²) in [6.45, 7) is 2.24. The van der Waals surface area contributed by atoms with Crippen molar-refractivity contribution in [2.45, 2.75) is 44.0 Å². The molecule has 5 rings (SSSR count). The highest BCUT2D eigenvalue weighted by Crippen LogP contribution is 2.39. The molecule has 0 radical (unpaired) electrons. The molecule has 1 N–H and O–H groups in total. The van der Waals surface area contributed by atoms with Crippen molar-refractivity contribution in [2.75, 3.05) is 6.61 Å². The Kier molecular flexibility index (Phi) is 6.89. The number of aromatic nitrogens is 3. The van der Waals surface area contributed by atoms with E-state index in [1.807, 2.05) is 54.2 Å². The number of fused-ring (bicyclic) bond motifs is 1. The molecule has 3 heterocycles. The van der Waals surface area contributed by atoms with Gasteiger partial charge in [0.05, 0.1) is 24.9 Å². The standard InChI is InChI=1S/C22H22FN3O3.CH2O2/c1-14-10-19(26-12-18(24-25-26)16-8-5-9-17(23)11-16)21-20(28-14)13-27-22(29-21)15-6-3-2-4-7-15;2-1-3/h2-9,11-12,14,19-22H,10,13H2,1H3;1H,(H,2,3). The van der Waals surface area contributed by atoms with E-state index >= 15 is 0 Å². The summed E-state index contributed by atoms with van der Waals surface area (Å²) < 4.78 is 33.7. The summed E-state index contributed by atoms with van der Waals surface area (Å²) in [7, 11) is 0. The first kappa shape index (κ1) is 22.1. The molecule has 0 saturated carbocycles. The molecule has 0 aliphatic carbocycles. The normalized spacial score (nSPS) is 27.0. The van der Waals surface area contributed by atoms with Crippen molar-refractivity contribution in [2.24, 2.45) is 0 Å². The van der Waals surface area contributed by atoms with Gasteiger partial charge in [0.1, 0.15) is 23.7 Å². The zero-order chi connectivity index (χ0) is 22.5. The van der Waals surface area contributed by atoms with E-state index in [-0.39, 0.29) is 36.6 Å². The third kappa shape index (κ3) is 4.85. The van der Waals surface area contributed by atoms with Gasteiger partial charge < -0.3 is 19.3 Å². The van der Waals surface area contributed by atoms with Gasteiger partial charge in [0.15, 0.2) is 6.29 Å². The average molecular weight is 441 g/mol. The van der Waals surface area contributed by atoms with Crippen molar-refractivity contribution in [1.29, 1.82) is 0 Å². The summed E-state index contributed by atoms with van der Waals surface area (Å²) in [4.78, 5) is 8.36. The number of hydrogen-bond acceptors (Lipinski definition) is 6. The van der Waals surface area contributed by atoms with Gasteiger partial charge in [-0.3, -0.25) is 4.79 Å².